The lowest BCUT2D eigenvalue weighted by atomic mass is 10.0. The third-order valence-electron chi connectivity index (χ3n) is 1.31. The minimum atomic E-state index is 0.534. The molecule has 0 aliphatic carbocycles. The number of alkyl halides is 1. The van der Waals surface area contributed by atoms with Crippen LogP contribution in [-0.2, 0) is 0 Å². The molecule has 0 N–H and O–H groups in total. The van der Waals surface area contributed by atoms with Crippen LogP contribution >= 0.6 is 15.9 Å². The largest absolute Gasteiger partial charge is 0.296 e. The standard InChI is InChI=1S/C6H10BrN/c1-5-2-6(7)4-8-3-5/h4-6H,2-3H2,1H3. The summed E-state index contributed by atoms with van der Waals surface area (Å²) in [6, 6.07) is 0. The topological polar surface area (TPSA) is 12.4 Å². The summed E-state index contributed by atoms with van der Waals surface area (Å²) in [7, 11) is 0. The Morgan fingerprint density at radius 1 is 1.75 bits per heavy atom. The lowest BCUT2D eigenvalue weighted by Crippen LogP contribution is -2.14. The molecule has 2 heteroatoms. The molecule has 2 unspecified atom stereocenters. The summed E-state index contributed by atoms with van der Waals surface area (Å²) >= 11 is 3.48. The second-order valence-electron chi connectivity index (χ2n) is 2.37. The molecular weight excluding hydrogens is 166 g/mol. The van der Waals surface area contributed by atoms with E-state index in [9.17, 15) is 0 Å². The first-order valence-corrected chi connectivity index (χ1v) is 3.84. The summed E-state index contributed by atoms with van der Waals surface area (Å²) < 4.78 is 0. The van der Waals surface area contributed by atoms with E-state index in [1.807, 2.05) is 6.21 Å². The van der Waals surface area contributed by atoms with Gasteiger partial charge in [0.1, 0.15) is 0 Å². The van der Waals surface area contributed by atoms with Crippen molar-refractivity contribution in [2.75, 3.05) is 6.54 Å². The molecule has 2 atom stereocenters. The van der Waals surface area contributed by atoms with Crippen molar-refractivity contribution in [2.45, 2.75) is 18.2 Å². The van der Waals surface area contributed by atoms with Crippen LogP contribution in [0.2, 0.25) is 0 Å². The Morgan fingerprint density at radius 2 is 2.50 bits per heavy atom. The van der Waals surface area contributed by atoms with Gasteiger partial charge in [0.15, 0.2) is 0 Å². The van der Waals surface area contributed by atoms with Crippen LogP contribution in [0.5, 0.6) is 0 Å². The van der Waals surface area contributed by atoms with Gasteiger partial charge >= 0.3 is 0 Å². The highest BCUT2D eigenvalue weighted by atomic mass is 79.9. The Bertz CT molecular complexity index is 101. The fraction of sp³-hybridized carbons (Fsp3) is 0.833. The fourth-order valence-electron chi connectivity index (χ4n) is 0.875. The van der Waals surface area contributed by atoms with Gasteiger partial charge in [-0.15, -0.1) is 0 Å². The van der Waals surface area contributed by atoms with Gasteiger partial charge in [0.05, 0.1) is 0 Å². The number of rotatable bonds is 0. The van der Waals surface area contributed by atoms with Crippen LogP contribution in [0.1, 0.15) is 13.3 Å². The molecule has 0 saturated carbocycles. The Hall–Kier alpha value is 0.150. The van der Waals surface area contributed by atoms with E-state index in [1.165, 1.54) is 6.42 Å². The van der Waals surface area contributed by atoms with E-state index in [1.54, 1.807) is 0 Å². The summed E-state index contributed by atoms with van der Waals surface area (Å²) in [6.45, 7) is 3.24. The van der Waals surface area contributed by atoms with E-state index >= 15 is 0 Å². The van der Waals surface area contributed by atoms with Crippen molar-refractivity contribution in [2.24, 2.45) is 10.9 Å². The van der Waals surface area contributed by atoms with Crippen LogP contribution in [0.3, 0.4) is 0 Å². The molecule has 0 aromatic heterocycles. The molecule has 0 aromatic rings. The van der Waals surface area contributed by atoms with E-state index < -0.39 is 0 Å². The zero-order valence-corrected chi connectivity index (χ0v) is 6.56. The zero-order valence-electron chi connectivity index (χ0n) is 4.97. The number of nitrogens with zero attached hydrogens (tertiary/aromatic N) is 1. The summed E-state index contributed by atoms with van der Waals surface area (Å²) in [6.07, 6.45) is 3.23. The van der Waals surface area contributed by atoms with Crippen molar-refractivity contribution >= 4 is 22.1 Å². The maximum absolute atomic E-state index is 4.17. The first-order chi connectivity index (χ1) is 3.79. The van der Waals surface area contributed by atoms with Crippen molar-refractivity contribution in [1.82, 2.24) is 0 Å². The smallest absolute Gasteiger partial charge is 0.0497 e. The normalized spacial score (nSPS) is 37.8. The number of aliphatic imine (C=N–C) groups is 1. The van der Waals surface area contributed by atoms with Gasteiger partial charge in [-0.1, -0.05) is 22.9 Å². The molecule has 0 bridgehead atoms. The van der Waals surface area contributed by atoms with Crippen LogP contribution in [0.25, 0.3) is 0 Å². The van der Waals surface area contributed by atoms with Gasteiger partial charge in [-0.3, -0.25) is 4.99 Å². The Labute approximate surface area is 58.3 Å². The summed E-state index contributed by atoms with van der Waals surface area (Å²) in [5.74, 6) is 0.768. The summed E-state index contributed by atoms with van der Waals surface area (Å²) in [4.78, 5) is 4.70. The quantitative estimate of drug-likeness (QED) is 0.499. The molecule has 0 spiro atoms. The maximum atomic E-state index is 4.17. The van der Waals surface area contributed by atoms with Gasteiger partial charge < -0.3 is 0 Å². The highest BCUT2D eigenvalue weighted by Crippen LogP contribution is 2.15. The third-order valence-corrected chi connectivity index (χ3v) is 1.92. The first-order valence-electron chi connectivity index (χ1n) is 2.93. The van der Waals surface area contributed by atoms with Gasteiger partial charge in [-0.05, 0) is 12.3 Å². The molecule has 1 heterocycles. The molecule has 8 heavy (non-hydrogen) atoms. The predicted octanol–water partition coefficient (Wildman–Crippen LogP) is 1.86. The second-order valence-corrected chi connectivity index (χ2v) is 3.55. The van der Waals surface area contributed by atoms with Crippen molar-refractivity contribution in [3.8, 4) is 0 Å². The minimum absolute atomic E-state index is 0.534. The molecule has 0 fully saturated rings. The lowest BCUT2D eigenvalue weighted by Gasteiger charge is -2.14. The Morgan fingerprint density at radius 3 is 2.88 bits per heavy atom. The van der Waals surface area contributed by atoms with Gasteiger partial charge in [-0.25, -0.2) is 0 Å². The van der Waals surface area contributed by atoms with E-state index in [0.29, 0.717) is 4.83 Å². The molecule has 1 aliphatic rings. The second kappa shape index (κ2) is 2.62. The van der Waals surface area contributed by atoms with E-state index in [0.717, 1.165) is 12.5 Å². The number of halogens is 1. The molecule has 0 saturated heterocycles. The zero-order chi connectivity index (χ0) is 5.98. The average molecular weight is 176 g/mol. The van der Waals surface area contributed by atoms with Crippen molar-refractivity contribution in [3.05, 3.63) is 0 Å². The predicted molar refractivity (Wildman–Crippen MR) is 39.9 cm³/mol. The number of hydrogen-bond donors (Lipinski definition) is 0. The molecular formula is C6H10BrN. The Kier molecular flexibility index (Phi) is 2.06. The van der Waals surface area contributed by atoms with Crippen LogP contribution in [0.15, 0.2) is 4.99 Å². The lowest BCUT2D eigenvalue weighted by molar-refractivity contribution is 0.552. The SMILES string of the molecule is CC1CN=CC(Br)C1. The summed E-state index contributed by atoms with van der Waals surface area (Å²) in [5.41, 5.74) is 0. The van der Waals surface area contributed by atoms with Crippen molar-refractivity contribution in [3.63, 3.8) is 0 Å². The highest BCUT2D eigenvalue weighted by Gasteiger charge is 2.10. The third kappa shape index (κ3) is 1.58. The molecule has 1 aliphatic heterocycles. The van der Waals surface area contributed by atoms with E-state index in [4.69, 9.17) is 0 Å². The average Bonchev–Trinajstić information content (AvgIpc) is 1.64. The van der Waals surface area contributed by atoms with Crippen LogP contribution in [0.4, 0.5) is 0 Å². The van der Waals surface area contributed by atoms with Crippen molar-refractivity contribution < 1.29 is 0 Å². The monoisotopic (exact) mass is 175 g/mol. The minimum Gasteiger partial charge on any atom is -0.296 e. The van der Waals surface area contributed by atoms with Crippen LogP contribution in [-0.4, -0.2) is 17.6 Å². The molecule has 0 aromatic carbocycles. The first kappa shape index (κ1) is 6.27. The highest BCUT2D eigenvalue weighted by molar-refractivity contribution is 9.09. The van der Waals surface area contributed by atoms with E-state index in [-0.39, 0.29) is 0 Å². The van der Waals surface area contributed by atoms with Gasteiger partial charge in [0, 0.05) is 17.6 Å². The van der Waals surface area contributed by atoms with Gasteiger partial charge in [-0.2, -0.15) is 0 Å². The van der Waals surface area contributed by atoms with Crippen LogP contribution < -0.4 is 0 Å². The Balaban J connectivity index is 2.42. The molecule has 46 valence electrons. The molecule has 0 radical (unpaired) electrons. The van der Waals surface area contributed by atoms with Gasteiger partial charge in [0.2, 0.25) is 0 Å². The molecule has 0 amide bonds. The van der Waals surface area contributed by atoms with E-state index in [2.05, 4.69) is 27.8 Å². The fourth-order valence-corrected chi connectivity index (χ4v) is 1.68. The molecule has 1 rings (SSSR count). The van der Waals surface area contributed by atoms with Crippen molar-refractivity contribution in [1.29, 1.82) is 0 Å². The number of hydrogen-bond acceptors (Lipinski definition) is 1. The summed E-state index contributed by atoms with van der Waals surface area (Å²) in [5, 5.41) is 0. The van der Waals surface area contributed by atoms with Crippen LogP contribution in [0, 0.1) is 5.92 Å². The molecule has 1 nitrogen and oxygen atoms in total. The van der Waals surface area contributed by atoms with Gasteiger partial charge in [0.25, 0.3) is 0 Å². The maximum Gasteiger partial charge on any atom is 0.0497 e.